The lowest BCUT2D eigenvalue weighted by Crippen LogP contribution is -2.09. The summed E-state index contributed by atoms with van der Waals surface area (Å²) in [5, 5.41) is 0.291. The predicted molar refractivity (Wildman–Crippen MR) is 87.7 cm³/mol. The van der Waals surface area contributed by atoms with E-state index in [1.54, 1.807) is 0 Å². The summed E-state index contributed by atoms with van der Waals surface area (Å²) in [5.41, 5.74) is 9.83. The average Bonchev–Trinajstić information content (AvgIpc) is 2.38. The van der Waals surface area contributed by atoms with E-state index in [0.717, 1.165) is 4.47 Å². The van der Waals surface area contributed by atoms with E-state index in [2.05, 4.69) is 66.2 Å². The van der Waals surface area contributed by atoms with Gasteiger partial charge in [0.25, 0.3) is 0 Å². The van der Waals surface area contributed by atoms with Crippen molar-refractivity contribution in [3.8, 4) is 0 Å². The van der Waals surface area contributed by atoms with Gasteiger partial charge in [-0.25, -0.2) is 0 Å². The topological polar surface area (TPSA) is 26.0 Å². The van der Waals surface area contributed by atoms with E-state index < -0.39 is 0 Å². The molecule has 1 unspecified atom stereocenters. The monoisotopic (exact) mass is 335 g/mol. The Morgan fingerprint density at radius 3 is 2.58 bits per heavy atom. The molecule has 0 aromatic heterocycles. The van der Waals surface area contributed by atoms with Gasteiger partial charge in [-0.2, -0.15) is 0 Å². The van der Waals surface area contributed by atoms with Crippen LogP contribution in [0.3, 0.4) is 0 Å². The Kier molecular flexibility index (Phi) is 5.08. The number of halogens is 1. The van der Waals surface area contributed by atoms with Crippen LogP contribution >= 0.6 is 27.7 Å². The maximum Gasteiger partial charge on any atom is 0.0467 e. The summed E-state index contributed by atoms with van der Waals surface area (Å²) in [7, 11) is 0. The number of hydrogen-bond donors (Lipinski definition) is 1. The largest absolute Gasteiger partial charge is 0.329 e. The second-order valence-corrected chi connectivity index (χ2v) is 6.83. The van der Waals surface area contributed by atoms with Gasteiger partial charge in [0.05, 0.1) is 0 Å². The standard InChI is InChI=1S/C16H18BrNS/c1-11-6-7-15(12(2)8-11)19-16(10-18)13-4-3-5-14(17)9-13/h3-9,16H,10,18H2,1-2H3. The number of thioether (sulfide) groups is 1. The first-order valence-electron chi connectivity index (χ1n) is 6.29. The van der Waals surface area contributed by atoms with Gasteiger partial charge < -0.3 is 5.73 Å². The summed E-state index contributed by atoms with van der Waals surface area (Å²) in [6, 6.07) is 15.0. The van der Waals surface area contributed by atoms with Crippen molar-refractivity contribution in [2.75, 3.05) is 6.54 Å². The Balaban J connectivity index is 2.24. The Bertz CT molecular complexity index is 568. The van der Waals surface area contributed by atoms with Gasteiger partial charge in [0.2, 0.25) is 0 Å². The fourth-order valence-corrected chi connectivity index (χ4v) is 3.54. The molecule has 2 aromatic carbocycles. The van der Waals surface area contributed by atoms with Crippen molar-refractivity contribution >= 4 is 27.7 Å². The summed E-state index contributed by atoms with van der Waals surface area (Å²) in [5.74, 6) is 0. The van der Waals surface area contributed by atoms with Gasteiger partial charge in [-0.15, -0.1) is 11.8 Å². The van der Waals surface area contributed by atoms with Crippen LogP contribution in [0.4, 0.5) is 0 Å². The minimum absolute atomic E-state index is 0.291. The minimum Gasteiger partial charge on any atom is -0.329 e. The molecule has 0 spiro atoms. The molecule has 0 saturated heterocycles. The third-order valence-corrected chi connectivity index (χ3v) is 4.99. The van der Waals surface area contributed by atoms with Gasteiger partial charge in [0.1, 0.15) is 0 Å². The zero-order chi connectivity index (χ0) is 13.8. The smallest absolute Gasteiger partial charge is 0.0467 e. The van der Waals surface area contributed by atoms with Gasteiger partial charge >= 0.3 is 0 Å². The van der Waals surface area contributed by atoms with Gasteiger partial charge in [0.15, 0.2) is 0 Å². The van der Waals surface area contributed by atoms with Crippen LogP contribution in [0.15, 0.2) is 51.8 Å². The number of nitrogens with two attached hydrogens (primary N) is 1. The molecule has 0 radical (unpaired) electrons. The summed E-state index contributed by atoms with van der Waals surface area (Å²) >= 11 is 5.36. The van der Waals surface area contributed by atoms with Crippen molar-refractivity contribution in [2.45, 2.75) is 24.0 Å². The fourth-order valence-electron chi connectivity index (χ4n) is 2.04. The highest BCUT2D eigenvalue weighted by atomic mass is 79.9. The molecule has 2 N–H and O–H groups in total. The molecule has 1 atom stereocenters. The molecular weight excluding hydrogens is 318 g/mol. The second kappa shape index (κ2) is 6.60. The lowest BCUT2D eigenvalue weighted by molar-refractivity contribution is 0.939. The molecule has 2 rings (SSSR count). The highest BCUT2D eigenvalue weighted by molar-refractivity contribution is 9.10. The van der Waals surface area contributed by atoms with E-state index in [1.807, 2.05) is 17.8 Å². The molecule has 1 nitrogen and oxygen atoms in total. The Labute approximate surface area is 127 Å². The fraction of sp³-hybridized carbons (Fsp3) is 0.250. The summed E-state index contributed by atoms with van der Waals surface area (Å²) < 4.78 is 1.10. The first kappa shape index (κ1) is 14.6. The zero-order valence-corrected chi connectivity index (χ0v) is 13.6. The van der Waals surface area contributed by atoms with Crippen molar-refractivity contribution in [1.29, 1.82) is 0 Å². The number of rotatable bonds is 4. The first-order valence-corrected chi connectivity index (χ1v) is 7.97. The van der Waals surface area contributed by atoms with Gasteiger partial charge in [-0.3, -0.25) is 0 Å². The summed E-state index contributed by atoms with van der Waals surface area (Å²) in [6.07, 6.45) is 0. The molecule has 19 heavy (non-hydrogen) atoms. The molecule has 0 aliphatic heterocycles. The highest BCUT2D eigenvalue weighted by Crippen LogP contribution is 2.37. The zero-order valence-electron chi connectivity index (χ0n) is 11.2. The molecule has 0 amide bonds. The van der Waals surface area contributed by atoms with E-state index in [1.165, 1.54) is 21.6 Å². The van der Waals surface area contributed by atoms with E-state index in [9.17, 15) is 0 Å². The lowest BCUT2D eigenvalue weighted by Gasteiger charge is -2.17. The third-order valence-electron chi connectivity index (χ3n) is 3.03. The van der Waals surface area contributed by atoms with E-state index >= 15 is 0 Å². The maximum absolute atomic E-state index is 5.95. The molecule has 100 valence electrons. The number of hydrogen-bond acceptors (Lipinski definition) is 2. The van der Waals surface area contributed by atoms with Crippen LogP contribution in [-0.4, -0.2) is 6.54 Å². The molecule has 2 aromatic rings. The van der Waals surface area contributed by atoms with Crippen molar-refractivity contribution in [3.63, 3.8) is 0 Å². The molecule has 3 heteroatoms. The average molecular weight is 336 g/mol. The quantitative estimate of drug-likeness (QED) is 0.807. The lowest BCUT2D eigenvalue weighted by atomic mass is 10.1. The van der Waals surface area contributed by atoms with Crippen LogP contribution in [0.2, 0.25) is 0 Å². The van der Waals surface area contributed by atoms with Crippen LogP contribution in [0.25, 0.3) is 0 Å². The highest BCUT2D eigenvalue weighted by Gasteiger charge is 2.13. The Morgan fingerprint density at radius 2 is 1.95 bits per heavy atom. The molecule has 0 fully saturated rings. The number of benzene rings is 2. The summed E-state index contributed by atoms with van der Waals surface area (Å²) in [6.45, 7) is 4.91. The Morgan fingerprint density at radius 1 is 1.16 bits per heavy atom. The second-order valence-electron chi connectivity index (χ2n) is 4.67. The molecule has 0 saturated carbocycles. The molecule has 0 aliphatic rings. The SMILES string of the molecule is Cc1ccc(SC(CN)c2cccc(Br)c2)c(C)c1. The van der Waals surface area contributed by atoms with Crippen LogP contribution in [0.5, 0.6) is 0 Å². The van der Waals surface area contributed by atoms with Crippen LogP contribution in [-0.2, 0) is 0 Å². The third kappa shape index (κ3) is 3.85. The van der Waals surface area contributed by atoms with Crippen molar-refractivity contribution in [3.05, 3.63) is 63.6 Å². The molecular formula is C16H18BrNS. The minimum atomic E-state index is 0.291. The number of aryl methyl sites for hydroxylation is 2. The van der Waals surface area contributed by atoms with E-state index in [-0.39, 0.29) is 0 Å². The Hall–Kier alpha value is -0.770. The van der Waals surface area contributed by atoms with Gasteiger partial charge in [0, 0.05) is 21.2 Å². The van der Waals surface area contributed by atoms with Gasteiger partial charge in [-0.1, -0.05) is 45.8 Å². The first-order chi connectivity index (χ1) is 9.10. The maximum atomic E-state index is 5.95. The van der Waals surface area contributed by atoms with E-state index in [4.69, 9.17) is 5.73 Å². The van der Waals surface area contributed by atoms with Crippen LogP contribution < -0.4 is 5.73 Å². The normalized spacial score (nSPS) is 12.4. The molecule has 0 aliphatic carbocycles. The predicted octanol–water partition coefficient (Wildman–Crippen LogP) is 4.86. The molecule has 0 bridgehead atoms. The van der Waals surface area contributed by atoms with Crippen molar-refractivity contribution in [2.24, 2.45) is 5.73 Å². The van der Waals surface area contributed by atoms with Gasteiger partial charge in [-0.05, 0) is 43.2 Å². The van der Waals surface area contributed by atoms with Crippen LogP contribution in [0, 0.1) is 13.8 Å². The van der Waals surface area contributed by atoms with E-state index in [0.29, 0.717) is 11.8 Å². The van der Waals surface area contributed by atoms with Crippen molar-refractivity contribution < 1.29 is 0 Å². The summed E-state index contributed by atoms with van der Waals surface area (Å²) in [4.78, 5) is 1.31. The van der Waals surface area contributed by atoms with Crippen LogP contribution in [0.1, 0.15) is 21.9 Å². The van der Waals surface area contributed by atoms with Crippen molar-refractivity contribution in [1.82, 2.24) is 0 Å². The molecule has 0 heterocycles.